The molecular formula is C31H31ClN2O3. The number of nitrogens with one attached hydrogen (secondary N) is 1. The van der Waals surface area contributed by atoms with Gasteiger partial charge in [-0.3, -0.25) is 0 Å². The molecule has 190 valence electrons. The van der Waals surface area contributed by atoms with Crippen molar-refractivity contribution in [1.29, 1.82) is 0 Å². The first-order chi connectivity index (χ1) is 18.0. The molecule has 0 heterocycles. The lowest BCUT2D eigenvalue weighted by Crippen LogP contribution is -2.38. The zero-order valence-electron chi connectivity index (χ0n) is 21.3. The van der Waals surface area contributed by atoms with Crippen LogP contribution in [0.2, 0.25) is 5.02 Å². The average molecular weight is 515 g/mol. The van der Waals surface area contributed by atoms with Crippen molar-refractivity contribution in [1.82, 2.24) is 4.90 Å². The average Bonchev–Trinajstić information content (AvgIpc) is 2.93. The molecular weight excluding hydrogens is 484 g/mol. The minimum absolute atomic E-state index is 0.270. The van der Waals surface area contributed by atoms with Gasteiger partial charge in [-0.05, 0) is 36.9 Å². The van der Waals surface area contributed by atoms with E-state index in [1.54, 1.807) is 12.1 Å². The maximum absolute atomic E-state index is 12.8. The van der Waals surface area contributed by atoms with Crippen molar-refractivity contribution < 1.29 is 14.3 Å². The summed E-state index contributed by atoms with van der Waals surface area (Å²) >= 11 is 6.82. The highest BCUT2D eigenvalue weighted by atomic mass is 35.5. The molecule has 1 N–H and O–H groups in total. The van der Waals surface area contributed by atoms with Crippen molar-refractivity contribution >= 4 is 23.3 Å². The van der Waals surface area contributed by atoms with E-state index in [9.17, 15) is 4.79 Å². The number of benzene rings is 4. The monoisotopic (exact) mass is 514 g/mol. The predicted molar refractivity (Wildman–Crippen MR) is 150 cm³/mol. The van der Waals surface area contributed by atoms with Crippen LogP contribution in [0, 0.1) is 0 Å². The molecule has 0 aliphatic carbocycles. The van der Waals surface area contributed by atoms with Gasteiger partial charge in [0.1, 0.15) is 23.5 Å². The Balaban J connectivity index is 1.84. The summed E-state index contributed by atoms with van der Waals surface area (Å²) < 4.78 is 11.1. The van der Waals surface area contributed by atoms with Crippen molar-refractivity contribution in [3.8, 4) is 5.75 Å². The van der Waals surface area contributed by atoms with E-state index in [0.29, 0.717) is 23.0 Å². The number of halogens is 1. The second-order valence-electron chi connectivity index (χ2n) is 8.94. The molecule has 5 nitrogen and oxygen atoms in total. The van der Waals surface area contributed by atoms with E-state index in [0.717, 1.165) is 16.7 Å². The third-order valence-electron chi connectivity index (χ3n) is 6.22. The van der Waals surface area contributed by atoms with E-state index >= 15 is 0 Å². The highest BCUT2D eigenvalue weighted by molar-refractivity contribution is 6.33. The van der Waals surface area contributed by atoms with Gasteiger partial charge in [0.15, 0.2) is 0 Å². The van der Waals surface area contributed by atoms with Crippen LogP contribution < -0.4 is 10.1 Å². The molecule has 4 aromatic carbocycles. The first kappa shape index (κ1) is 26.3. The number of esters is 1. The maximum atomic E-state index is 12.8. The molecule has 0 atom stereocenters. The Morgan fingerprint density at radius 2 is 1.32 bits per heavy atom. The molecule has 6 heteroatoms. The molecule has 37 heavy (non-hydrogen) atoms. The Kier molecular flexibility index (Phi) is 8.49. The number of ether oxygens (including phenoxy) is 2. The molecule has 0 aromatic heterocycles. The largest absolute Gasteiger partial charge is 0.496 e. The third kappa shape index (κ3) is 5.79. The zero-order chi connectivity index (χ0) is 26.3. The second-order valence-corrected chi connectivity index (χ2v) is 9.35. The summed E-state index contributed by atoms with van der Waals surface area (Å²) in [7, 11) is 5.37. The summed E-state index contributed by atoms with van der Waals surface area (Å²) in [6.07, 6.45) is 0. The van der Waals surface area contributed by atoms with Gasteiger partial charge < -0.3 is 19.7 Å². The van der Waals surface area contributed by atoms with Gasteiger partial charge in [0.2, 0.25) is 0 Å². The zero-order valence-corrected chi connectivity index (χ0v) is 22.0. The quantitative estimate of drug-likeness (QED) is 0.194. The van der Waals surface area contributed by atoms with Gasteiger partial charge in [-0.15, -0.1) is 0 Å². The number of hydrogen-bond donors (Lipinski definition) is 1. The first-order valence-corrected chi connectivity index (χ1v) is 12.5. The van der Waals surface area contributed by atoms with E-state index in [-0.39, 0.29) is 12.2 Å². The van der Waals surface area contributed by atoms with Gasteiger partial charge in [-0.25, -0.2) is 4.79 Å². The van der Waals surface area contributed by atoms with Gasteiger partial charge in [-0.2, -0.15) is 0 Å². The summed E-state index contributed by atoms with van der Waals surface area (Å²) in [5.74, 6) is -0.0996. The summed E-state index contributed by atoms with van der Waals surface area (Å²) in [5.41, 5.74) is 3.24. The van der Waals surface area contributed by atoms with Crippen molar-refractivity contribution in [3.05, 3.63) is 130 Å². The lowest BCUT2D eigenvalue weighted by atomic mass is 9.76. The molecule has 0 fully saturated rings. The fraction of sp³-hybridized carbons (Fsp3) is 0.194. The molecule has 4 rings (SSSR count). The number of carbonyl (C=O) groups excluding carboxylic acids is 1. The van der Waals surface area contributed by atoms with Crippen LogP contribution in [0.5, 0.6) is 5.75 Å². The fourth-order valence-electron chi connectivity index (χ4n) is 4.36. The van der Waals surface area contributed by atoms with Gasteiger partial charge >= 0.3 is 5.97 Å². The van der Waals surface area contributed by atoms with Crippen LogP contribution in [0.15, 0.2) is 103 Å². The molecule has 0 unspecified atom stereocenters. The summed E-state index contributed by atoms with van der Waals surface area (Å²) in [4.78, 5) is 14.8. The van der Waals surface area contributed by atoms with Crippen LogP contribution in [0.1, 0.15) is 27.0 Å². The van der Waals surface area contributed by atoms with Gasteiger partial charge in [0.05, 0.1) is 17.8 Å². The Labute approximate surface area is 223 Å². The van der Waals surface area contributed by atoms with Crippen LogP contribution in [0.3, 0.4) is 0 Å². The number of likely N-dealkylation sites (N-methyl/N-ethyl adjacent to an activating group) is 1. The van der Waals surface area contributed by atoms with E-state index in [1.165, 1.54) is 7.11 Å². The Morgan fingerprint density at radius 3 is 1.76 bits per heavy atom. The number of nitrogens with zero attached hydrogens (tertiary/aromatic N) is 1. The normalized spacial score (nSPS) is 11.3. The van der Waals surface area contributed by atoms with Crippen molar-refractivity contribution in [2.75, 3.05) is 39.7 Å². The van der Waals surface area contributed by atoms with Crippen LogP contribution in [-0.4, -0.2) is 45.2 Å². The number of carbonyl (C=O) groups is 1. The lowest BCUT2D eigenvalue weighted by Gasteiger charge is -2.38. The summed E-state index contributed by atoms with van der Waals surface area (Å²) in [6, 6.07) is 34.0. The van der Waals surface area contributed by atoms with Crippen molar-refractivity contribution in [2.24, 2.45) is 0 Å². The van der Waals surface area contributed by atoms with E-state index in [4.69, 9.17) is 21.1 Å². The van der Waals surface area contributed by atoms with Gasteiger partial charge in [0, 0.05) is 12.6 Å². The molecule has 4 aromatic rings. The third-order valence-corrected chi connectivity index (χ3v) is 6.54. The Morgan fingerprint density at radius 1 is 0.838 bits per heavy atom. The number of rotatable bonds is 10. The first-order valence-electron chi connectivity index (χ1n) is 12.1. The minimum Gasteiger partial charge on any atom is -0.496 e. The van der Waals surface area contributed by atoms with Crippen LogP contribution in [0.4, 0.5) is 5.69 Å². The van der Waals surface area contributed by atoms with Crippen LogP contribution in [0.25, 0.3) is 0 Å². The molecule has 0 aliphatic heterocycles. The molecule has 0 radical (unpaired) electrons. The fourth-order valence-corrected chi connectivity index (χ4v) is 4.57. The lowest BCUT2D eigenvalue weighted by molar-refractivity contribution is 0.0478. The highest BCUT2D eigenvalue weighted by Gasteiger charge is 2.37. The SMILES string of the molecule is COc1cc(NC(c2ccccc2)(c2ccccc2)c2ccccc2)c(Cl)cc1C(=O)OCCN(C)C. The van der Waals surface area contributed by atoms with Crippen molar-refractivity contribution in [3.63, 3.8) is 0 Å². The summed E-state index contributed by atoms with van der Waals surface area (Å²) in [6.45, 7) is 0.890. The Hall–Kier alpha value is -3.80. The Bertz CT molecular complexity index is 1220. The smallest absolute Gasteiger partial charge is 0.342 e. The standard InChI is InChI=1S/C31H31ClN2O3/c1-34(2)19-20-37-30(35)26-21-27(32)28(22-29(26)36-3)33-31(23-13-7-4-8-14-23,24-15-9-5-10-16-24)25-17-11-6-12-18-25/h4-18,21-22,33H,19-20H2,1-3H3. The number of methoxy groups -OCH3 is 1. The molecule has 0 saturated carbocycles. The molecule has 0 aliphatic rings. The van der Waals surface area contributed by atoms with E-state index < -0.39 is 11.5 Å². The van der Waals surface area contributed by atoms with E-state index in [2.05, 4.69) is 41.7 Å². The maximum Gasteiger partial charge on any atom is 0.342 e. The highest BCUT2D eigenvalue weighted by Crippen LogP contribution is 2.43. The predicted octanol–water partition coefficient (Wildman–Crippen LogP) is 6.47. The molecule has 0 bridgehead atoms. The van der Waals surface area contributed by atoms with E-state index in [1.807, 2.05) is 73.6 Å². The van der Waals surface area contributed by atoms with Crippen LogP contribution in [-0.2, 0) is 10.3 Å². The van der Waals surface area contributed by atoms with Gasteiger partial charge in [0.25, 0.3) is 0 Å². The summed E-state index contributed by atoms with van der Waals surface area (Å²) in [5, 5.41) is 4.12. The number of hydrogen-bond acceptors (Lipinski definition) is 5. The van der Waals surface area contributed by atoms with Crippen LogP contribution >= 0.6 is 11.6 Å². The topological polar surface area (TPSA) is 50.8 Å². The van der Waals surface area contributed by atoms with Crippen molar-refractivity contribution in [2.45, 2.75) is 5.54 Å². The molecule has 0 amide bonds. The number of anilines is 1. The second kappa shape index (κ2) is 12.0. The molecule has 0 spiro atoms. The molecule has 0 saturated heterocycles. The van der Waals surface area contributed by atoms with Gasteiger partial charge in [-0.1, -0.05) is 103 Å². The minimum atomic E-state index is -0.772.